The van der Waals surface area contributed by atoms with Crippen LogP contribution in [0.5, 0.6) is 11.5 Å². The molecule has 0 amide bonds. The van der Waals surface area contributed by atoms with Gasteiger partial charge < -0.3 is 14.8 Å². The Morgan fingerprint density at radius 2 is 2.03 bits per heavy atom. The van der Waals surface area contributed by atoms with Crippen LogP contribution in [-0.2, 0) is 0 Å². The second kappa shape index (κ2) is 7.51. The molecule has 30 heavy (non-hydrogen) atoms. The average molecular weight is 400 g/mol. The number of methoxy groups -OCH3 is 1. The predicted molar refractivity (Wildman–Crippen MR) is 117 cm³/mol. The van der Waals surface area contributed by atoms with E-state index in [0.717, 1.165) is 35.2 Å². The molecule has 0 unspecified atom stereocenters. The second-order valence-corrected chi connectivity index (χ2v) is 8.21. The lowest BCUT2D eigenvalue weighted by Gasteiger charge is -2.55. The summed E-state index contributed by atoms with van der Waals surface area (Å²) in [6, 6.07) is 11.5. The third-order valence-corrected chi connectivity index (χ3v) is 6.15. The fourth-order valence-electron chi connectivity index (χ4n) is 4.41. The molecule has 1 aromatic heterocycles. The lowest BCUT2D eigenvalue weighted by molar-refractivity contribution is -0.0903. The van der Waals surface area contributed by atoms with Crippen LogP contribution in [0.15, 0.2) is 42.7 Å². The zero-order valence-corrected chi connectivity index (χ0v) is 17.0. The number of ether oxygens (including phenoxy) is 2. The van der Waals surface area contributed by atoms with Gasteiger partial charge in [-0.1, -0.05) is 18.4 Å². The first-order valence-corrected chi connectivity index (χ1v) is 10.2. The number of hydrogen-bond acceptors (Lipinski definition) is 6. The van der Waals surface area contributed by atoms with Gasteiger partial charge in [-0.2, -0.15) is 0 Å². The Labute approximate surface area is 176 Å². The minimum atomic E-state index is 0.560. The highest BCUT2D eigenvalue weighted by atomic mass is 16.5. The Hall–Kier alpha value is -3.30. The largest absolute Gasteiger partial charge is 0.493 e. The Kier molecular flexibility index (Phi) is 4.68. The summed E-state index contributed by atoms with van der Waals surface area (Å²) in [7, 11) is 1.65. The Morgan fingerprint density at radius 3 is 2.77 bits per heavy atom. The van der Waals surface area contributed by atoms with Gasteiger partial charge in [-0.3, -0.25) is 4.90 Å². The van der Waals surface area contributed by atoms with Crippen LogP contribution in [0.4, 0.5) is 11.5 Å². The number of rotatable bonds is 6. The van der Waals surface area contributed by atoms with Gasteiger partial charge in [-0.25, -0.2) is 9.97 Å². The SMILES string of the molecule is C#Cc1cccc(Nc2ncnc3cc(OC)c(OCN4CC5(CCC5)C4)cc23)c1. The van der Waals surface area contributed by atoms with E-state index < -0.39 is 0 Å². The van der Waals surface area contributed by atoms with Gasteiger partial charge in [-0.15, -0.1) is 6.42 Å². The maximum absolute atomic E-state index is 6.13. The number of aromatic nitrogens is 2. The fourth-order valence-corrected chi connectivity index (χ4v) is 4.41. The molecule has 1 spiro atoms. The summed E-state index contributed by atoms with van der Waals surface area (Å²) in [4.78, 5) is 11.2. The van der Waals surface area contributed by atoms with Crippen molar-refractivity contribution in [1.29, 1.82) is 0 Å². The summed E-state index contributed by atoms with van der Waals surface area (Å²) >= 11 is 0. The predicted octanol–water partition coefficient (Wildman–Crippen LogP) is 4.19. The molecule has 0 atom stereocenters. The Balaban J connectivity index is 1.39. The molecule has 0 radical (unpaired) electrons. The highest BCUT2D eigenvalue weighted by Crippen LogP contribution is 2.48. The van der Waals surface area contributed by atoms with E-state index in [0.29, 0.717) is 29.5 Å². The highest BCUT2D eigenvalue weighted by molar-refractivity contribution is 5.93. The number of fused-ring (bicyclic) bond motifs is 1. The maximum atomic E-state index is 6.13. The zero-order valence-electron chi connectivity index (χ0n) is 17.0. The summed E-state index contributed by atoms with van der Waals surface area (Å²) in [5, 5.41) is 4.21. The lowest BCUT2D eigenvalue weighted by Crippen LogP contribution is -2.60. The molecule has 2 fully saturated rings. The van der Waals surface area contributed by atoms with Crippen LogP contribution in [0.1, 0.15) is 24.8 Å². The van der Waals surface area contributed by atoms with Crippen molar-refractivity contribution >= 4 is 22.4 Å². The molecule has 152 valence electrons. The molecule has 6 heteroatoms. The van der Waals surface area contributed by atoms with Crippen LogP contribution in [-0.4, -0.2) is 41.8 Å². The van der Waals surface area contributed by atoms with Gasteiger partial charge in [0, 0.05) is 35.8 Å². The third kappa shape index (κ3) is 3.42. The summed E-state index contributed by atoms with van der Waals surface area (Å²) in [6.45, 7) is 2.82. The lowest BCUT2D eigenvalue weighted by atomic mass is 9.64. The van der Waals surface area contributed by atoms with Crippen LogP contribution in [0, 0.1) is 17.8 Å². The summed E-state index contributed by atoms with van der Waals surface area (Å²) < 4.78 is 11.7. The van der Waals surface area contributed by atoms with E-state index >= 15 is 0 Å². The van der Waals surface area contributed by atoms with Gasteiger partial charge in [0.2, 0.25) is 0 Å². The van der Waals surface area contributed by atoms with E-state index in [9.17, 15) is 0 Å². The molecule has 2 aliphatic rings. The van der Waals surface area contributed by atoms with Crippen molar-refractivity contribution < 1.29 is 9.47 Å². The molecule has 2 aromatic carbocycles. The Morgan fingerprint density at radius 1 is 1.17 bits per heavy atom. The molecule has 1 saturated heterocycles. The Bertz CT molecular complexity index is 1130. The molecule has 6 nitrogen and oxygen atoms in total. The molecule has 5 rings (SSSR count). The zero-order chi connectivity index (χ0) is 20.6. The number of benzene rings is 2. The van der Waals surface area contributed by atoms with Gasteiger partial charge in [0.15, 0.2) is 11.5 Å². The third-order valence-electron chi connectivity index (χ3n) is 6.15. The molecule has 1 aliphatic heterocycles. The molecule has 3 aromatic rings. The van der Waals surface area contributed by atoms with Crippen LogP contribution in [0.25, 0.3) is 10.9 Å². The monoisotopic (exact) mass is 400 g/mol. The molecular formula is C24H24N4O2. The smallest absolute Gasteiger partial charge is 0.164 e. The first-order valence-electron chi connectivity index (χ1n) is 10.2. The average Bonchev–Trinajstić information content (AvgIpc) is 2.71. The van der Waals surface area contributed by atoms with Crippen LogP contribution >= 0.6 is 0 Å². The number of nitrogens with zero attached hydrogens (tertiary/aromatic N) is 3. The van der Waals surface area contributed by atoms with Crippen molar-refractivity contribution in [2.45, 2.75) is 19.3 Å². The normalized spacial score (nSPS) is 17.1. The van der Waals surface area contributed by atoms with Gasteiger partial charge in [0.1, 0.15) is 18.9 Å². The number of anilines is 2. The van der Waals surface area contributed by atoms with Gasteiger partial charge in [-0.05, 0) is 42.5 Å². The standard InChI is InChI=1S/C24H24N4O2/c1-3-17-6-4-7-18(10-17)27-23-19-11-22(21(29-2)12-20(19)25-15-26-23)30-16-28-13-24(14-28)8-5-9-24/h1,4,6-7,10-12,15H,5,8-9,13-14,16H2,2H3,(H,25,26,27). The van der Waals surface area contributed by atoms with Crippen molar-refractivity contribution in [1.82, 2.24) is 14.9 Å². The number of terminal acetylenes is 1. The minimum absolute atomic E-state index is 0.560. The quantitative estimate of drug-likeness (QED) is 0.626. The van der Waals surface area contributed by atoms with E-state index in [4.69, 9.17) is 15.9 Å². The molecule has 1 aliphatic carbocycles. The van der Waals surface area contributed by atoms with E-state index in [-0.39, 0.29) is 0 Å². The minimum Gasteiger partial charge on any atom is -0.493 e. The van der Waals surface area contributed by atoms with Crippen molar-refractivity contribution in [2.24, 2.45) is 5.41 Å². The molecular weight excluding hydrogens is 376 g/mol. The first-order chi connectivity index (χ1) is 14.7. The maximum Gasteiger partial charge on any atom is 0.164 e. The highest BCUT2D eigenvalue weighted by Gasteiger charge is 2.47. The van der Waals surface area contributed by atoms with Gasteiger partial charge in [0.25, 0.3) is 0 Å². The van der Waals surface area contributed by atoms with Crippen LogP contribution in [0.2, 0.25) is 0 Å². The van der Waals surface area contributed by atoms with Crippen LogP contribution in [0.3, 0.4) is 0 Å². The van der Waals surface area contributed by atoms with Gasteiger partial charge in [0.05, 0.1) is 12.6 Å². The number of likely N-dealkylation sites (tertiary alicyclic amines) is 1. The van der Waals surface area contributed by atoms with Crippen molar-refractivity contribution in [3.8, 4) is 23.8 Å². The van der Waals surface area contributed by atoms with Crippen LogP contribution < -0.4 is 14.8 Å². The topological polar surface area (TPSA) is 59.5 Å². The van der Waals surface area contributed by atoms with E-state index in [2.05, 4.69) is 26.1 Å². The molecule has 1 N–H and O–H groups in total. The van der Waals surface area contributed by atoms with E-state index in [1.54, 1.807) is 7.11 Å². The van der Waals surface area contributed by atoms with E-state index in [1.165, 1.54) is 25.6 Å². The first kappa shape index (κ1) is 18.7. The molecule has 0 bridgehead atoms. The van der Waals surface area contributed by atoms with Crippen molar-refractivity contribution in [3.05, 3.63) is 48.3 Å². The second-order valence-electron chi connectivity index (χ2n) is 8.21. The fraction of sp³-hybridized carbons (Fsp3) is 0.333. The summed E-state index contributed by atoms with van der Waals surface area (Å²) in [6.07, 6.45) is 11.1. The van der Waals surface area contributed by atoms with E-state index in [1.807, 2.05) is 36.4 Å². The number of nitrogens with one attached hydrogen (secondary N) is 1. The van der Waals surface area contributed by atoms with Crippen molar-refractivity contribution in [2.75, 3.05) is 32.2 Å². The number of hydrogen-bond donors (Lipinski definition) is 1. The van der Waals surface area contributed by atoms with Crippen molar-refractivity contribution in [3.63, 3.8) is 0 Å². The summed E-state index contributed by atoms with van der Waals surface area (Å²) in [5.41, 5.74) is 3.04. The van der Waals surface area contributed by atoms with Gasteiger partial charge >= 0.3 is 0 Å². The molecule has 2 heterocycles. The summed E-state index contributed by atoms with van der Waals surface area (Å²) in [5.74, 6) is 4.70. The molecule has 1 saturated carbocycles.